The first-order valence-corrected chi connectivity index (χ1v) is 9.19. The third kappa shape index (κ3) is 5.52. The average molecular weight is 422 g/mol. The molecule has 7 nitrogen and oxygen atoms in total. The third-order valence-corrected chi connectivity index (χ3v) is 4.34. The van der Waals surface area contributed by atoms with E-state index in [1.54, 1.807) is 60.7 Å². The summed E-state index contributed by atoms with van der Waals surface area (Å²) in [6.07, 6.45) is 2.75. The first-order valence-electron chi connectivity index (χ1n) is 8.82. The van der Waals surface area contributed by atoms with Crippen molar-refractivity contribution in [2.75, 3.05) is 10.6 Å². The van der Waals surface area contributed by atoms with E-state index in [9.17, 15) is 19.7 Å². The second kappa shape index (κ2) is 9.49. The van der Waals surface area contributed by atoms with Crippen LogP contribution in [0.5, 0.6) is 0 Å². The zero-order valence-corrected chi connectivity index (χ0v) is 16.3. The second-order valence-electron chi connectivity index (χ2n) is 6.19. The van der Waals surface area contributed by atoms with Crippen molar-refractivity contribution >= 4 is 46.6 Å². The molecule has 0 aliphatic carbocycles. The first kappa shape index (κ1) is 20.8. The molecule has 8 heteroatoms. The number of carbonyl (C=O) groups is 2. The van der Waals surface area contributed by atoms with Gasteiger partial charge < -0.3 is 10.6 Å². The number of benzene rings is 3. The lowest BCUT2D eigenvalue weighted by Gasteiger charge is -2.09. The van der Waals surface area contributed by atoms with Gasteiger partial charge in [0.2, 0.25) is 5.91 Å². The van der Waals surface area contributed by atoms with E-state index < -0.39 is 10.8 Å². The van der Waals surface area contributed by atoms with Crippen LogP contribution in [0.3, 0.4) is 0 Å². The summed E-state index contributed by atoms with van der Waals surface area (Å²) < 4.78 is 0. The van der Waals surface area contributed by atoms with Crippen molar-refractivity contribution in [3.8, 4) is 0 Å². The van der Waals surface area contributed by atoms with Crippen molar-refractivity contribution in [3.63, 3.8) is 0 Å². The fourth-order valence-corrected chi connectivity index (χ4v) is 2.84. The maximum atomic E-state index is 12.4. The van der Waals surface area contributed by atoms with Crippen LogP contribution in [0.25, 0.3) is 6.08 Å². The average Bonchev–Trinajstić information content (AvgIpc) is 2.73. The molecule has 0 fully saturated rings. The molecule has 0 spiro atoms. The number of anilines is 2. The molecule has 0 atom stereocenters. The Labute approximate surface area is 177 Å². The number of halogens is 1. The Morgan fingerprint density at radius 3 is 2.33 bits per heavy atom. The SMILES string of the molecule is O=C(C=Cc1cccc([N+](=O)[O-])c1)Nc1cccc(NC(=O)c2ccccc2Cl)c1. The van der Waals surface area contributed by atoms with E-state index in [0.29, 0.717) is 27.5 Å². The number of rotatable bonds is 6. The highest BCUT2D eigenvalue weighted by atomic mass is 35.5. The van der Waals surface area contributed by atoms with Gasteiger partial charge >= 0.3 is 0 Å². The molecular formula is C22H16ClN3O4. The monoisotopic (exact) mass is 421 g/mol. The Morgan fingerprint density at radius 2 is 1.60 bits per heavy atom. The second-order valence-corrected chi connectivity index (χ2v) is 6.60. The highest BCUT2D eigenvalue weighted by molar-refractivity contribution is 6.34. The van der Waals surface area contributed by atoms with Crippen molar-refractivity contribution in [2.24, 2.45) is 0 Å². The molecule has 150 valence electrons. The van der Waals surface area contributed by atoms with Gasteiger partial charge in [-0.3, -0.25) is 19.7 Å². The first-order chi connectivity index (χ1) is 14.4. The molecule has 0 bridgehead atoms. The van der Waals surface area contributed by atoms with Crippen LogP contribution in [0.4, 0.5) is 17.1 Å². The molecule has 0 aromatic heterocycles. The van der Waals surface area contributed by atoms with Crippen molar-refractivity contribution in [1.82, 2.24) is 0 Å². The molecule has 0 unspecified atom stereocenters. The minimum Gasteiger partial charge on any atom is -0.322 e. The van der Waals surface area contributed by atoms with E-state index in [-0.39, 0.29) is 11.6 Å². The summed E-state index contributed by atoms with van der Waals surface area (Å²) in [7, 11) is 0. The van der Waals surface area contributed by atoms with Crippen molar-refractivity contribution in [2.45, 2.75) is 0 Å². The van der Waals surface area contributed by atoms with Gasteiger partial charge in [0, 0.05) is 29.6 Å². The fraction of sp³-hybridized carbons (Fsp3) is 0. The van der Waals surface area contributed by atoms with Crippen LogP contribution in [0.1, 0.15) is 15.9 Å². The highest BCUT2D eigenvalue weighted by Crippen LogP contribution is 2.20. The maximum absolute atomic E-state index is 12.4. The predicted molar refractivity (Wildman–Crippen MR) is 117 cm³/mol. The number of hydrogen-bond acceptors (Lipinski definition) is 4. The van der Waals surface area contributed by atoms with Gasteiger partial charge in [0.25, 0.3) is 11.6 Å². The van der Waals surface area contributed by atoms with Crippen molar-refractivity contribution < 1.29 is 14.5 Å². The Hall–Kier alpha value is -3.97. The lowest BCUT2D eigenvalue weighted by Crippen LogP contribution is -2.13. The minimum atomic E-state index is -0.500. The molecule has 3 rings (SSSR count). The van der Waals surface area contributed by atoms with Crippen LogP contribution in [0.2, 0.25) is 5.02 Å². The summed E-state index contributed by atoms with van der Waals surface area (Å²) in [6, 6.07) is 19.3. The largest absolute Gasteiger partial charge is 0.322 e. The molecule has 0 aliphatic rings. The Kier molecular flexibility index (Phi) is 6.56. The Bertz CT molecular complexity index is 1140. The van der Waals surface area contributed by atoms with Crippen LogP contribution in [-0.2, 0) is 4.79 Å². The van der Waals surface area contributed by atoms with Gasteiger partial charge in [-0.05, 0) is 42.0 Å². The molecule has 0 radical (unpaired) electrons. The number of nitrogens with one attached hydrogen (secondary N) is 2. The third-order valence-electron chi connectivity index (χ3n) is 4.01. The topological polar surface area (TPSA) is 101 Å². The van der Waals surface area contributed by atoms with E-state index in [1.165, 1.54) is 24.3 Å². The molecule has 0 aliphatic heterocycles. The van der Waals surface area contributed by atoms with Gasteiger partial charge in [-0.1, -0.05) is 41.9 Å². The van der Waals surface area contributed by atoms with E-state index in [0.717, 1.165) is 0 Å². The van der Waals surface area contributed by atoms with Crippen LogP contribution < -0.4 is 10.6 Å². The summed E-state index contributed by atoms with van der Waals surface area (Å²) >= 11 is 6.04. The summed E-state index contributed by atoms with van der Waals surface area (Å²) in [5.41, 5.74) is 1.77. The molecule has 30 heavy (non-hydrogen) atoms. The Morgan fingerprint density at radius 1 is 0.900 bits per heavy atom. The number of non-ortho nitro benzene ring substituents is 1. The quantitative estimate of drug-likeness (QED) is 0.326. The number of nitro benzene ring substituents is 1. The fourth-order valence-electron chi connectivity index (χ4n) is 2.62. The molecule has 0 saturated heterocycles. The van der Waals surface area contributed by atoms with E-state index in [2.05, 4.69) is 10.6 Å². The van der Waals surface area contributed by atoms with Gasteiger partial charge in [-0.25, -0.2) is 0 Å². The standard InChI is InChI=1S/C22H16ClN3O4/c23-20-10-2-1-9-19(20)22(28)25-17-7-4-6-16(14-17)24-21(27)12-11-15-5-3-8-18(13-15)26(29)30/h1-14H,(H,24,27)(H,25,28). The smallest absolute Gasteiger partial charge is 0.270 e. The summed E-state index contributed by atoms with van der Waals surface area (Å²) in [4.78, 5) is 34.8. The number of carbonyl (C=O) groups excluding carboxylic acids is 2. The molecule has 3 aromatic carbocycles. The van der Waals surface area contributed by atoms with Crippen LogP contribution in [0.15, 0.2) is 78.9 Å². The lowest BCUT2D eigenvalue weighted by atomic mass is 10.2. The van der Waals surface area contributed by atoms with Crippen LogP contribution in [0, 0.1) is 10.1 Å². The number of hydrogen-bond donors (Lipinski definition) is 2. The predicted octanol–water partition coefficient (Wildman–Crippen LogP) is 5.15. The minimum absolute atomic E-state index is 0.0560. The lowest BCUT2D eigenvalue weighted by molar-refractivity contribution is -0.384. The highest BCUT2D eigenvalue weighted by Gasteiger charge is 2.10. The van der Waals surface area contributed by atoms with Crippen molar-refractivity contribution in [3.05, 3.63) is 105 Å². The normalized spacial score (nSPS) is 10.6. The summed E-state index contributed by atoms with van der Waals surface area (Å²) in [5, 5.41) is 16.6. The number of amides is 2. The number of nitrogens with zero attached hydrogens (tertiary/aromatic N) is 1. The van der Waals surface area contributed by atoms with Crippen LogP contribution >= 0.6 is 11.6 Å². The zero-order chi connectivity index (χ0) is 21.5. The van der Waals surface area contributed by atoms with Gasteiger partial charge in [0.05, 0.1) is 15.5 Å². The zero-order valence-electron chi connectivity index (χ0n) is 15.5. The maximum Gasteiger partial charge on any atom is 0.270 e. The number of nitro groups is 1. The van der Waals surface area contributed by atoms with Crippen molar-refractivity contribution in [1.29, 1.82) is 0 Å². The van der Waals surface area contributed by atoms with Gasteiger partial charge in [0.1, 0.15) is 0 Å². The molecule has 2 N–H and O–H groups in total. The Balaban J connectivity index is 1.65. The van der Waals surface area contributed by atoms with Crippen LogP contribution in [-0.4, -0.2) is 16.7 Å². The molecule has 0 saturated carbocycles. The molecular weight excluding hydrogens is 406 g/mol. The molecule has 2 amide bonds. The summed E-state index contributed by atoms with van der Waals surface area (Å²) in [6.45, 7) is 0. The van der Waals surface area contributed by atoms with E-state index in [4.69, 9.17) is 11.6 Å². The van der Waals surface area contributed by atoms with Gasteiger partial charge in [-0.15, -0.1) is 0 Å². The van der Waals surface area contributed by atoms with E-state index >= 15 is 0 Å². The molecule has 3 aromatic rings. The van der Waals surface area contributed by atoms with Gasteiger partial charge in [0.15, 0.2) is 0 Å². The van der Waals surface area contributed by atoms with E-state index in [1.807, 2.05) is 0 Å². The molecule has 0 heterocycles. The van der Waals surface area contributed by atoms with Gasteiger partial charge in [-0.2, -0.15) is 0 Å². The summed E-state index contributed by atoms with van der Waals surface area (Å²) in [5.74, 6) is -0.786.